The average molecular weight is 352 g/mol. The van der Waals surface area contributed by atoms with Crippen molar-refractivity contribution in [1.82, 2.24) is 0 Å². The number of aryl methyl sites for hydroxylation is 3. The largest absolute Gasteiger partial charge is 0.494 e. The van der Waals surface area contributed by atoms with Gasteiger partial charge in [-0.1, -0.05) is 61.5 Å². The highest BCUT2D eigenvalue weighted by Gasteiger charge is 2.13. The summed E-state index contributed by atoms with van der Waals surface area (Å²) >= 11 is 0. The lowest BCUT2D eigenvalue weighted by molar-refractivity contribution is 0.370. The molecule has 0 bridgehead atoms. The summed E-state index contributed by atoms with van der Waals surface area (Å²) in [5.41, 5.74) is 5.10. The van der Waals surface area contributed by atoms with Gasteiger partial charge in [-0.2, -0.15) is 4.39 Å². The van der Waals surface area contributed by atoms with Gasteiger partial charge in [-0.05, 0) is 53.1 Å². The van der Waals surface area contributed by atoms with E-state index >= 15 is 0 Å². The lowest BCUT2D eigenvalue weighted by Gasteiger charge is -2.08. The van der Waals surface area contributed by atoms with E-state index in [-0.39, 0.29) is 5.75 Å². The summed E-state index contributed by atoms with van der Waals surface area (Å²) in [5, 5.41) is 0. The molecule has 0 saturated carbocycles. The van der Waals surface area contributed by atoms with Gasteiger partial charge >= 0.3 is 0 Å². The van der Waals surface area contributed by atoms with Crippen molar-refractivity contribution in [2.45, 2.75) is 26.2 Å². The zero-order chi connectivity index (χ0) is 18.5. The van der Waals surface area contributed by atoms with Crippen molar-refractivity contribution in [3.8, 4) is 16.9 Å². The van der Waals surface area contributed by atoms with E-state index in [0.29, 0.717) is 18.4 Å². The molecule has 0 N–H and O–H groups in total. The van der Waals surface area contributed by atoms with Gasteiger partial charge in [-0.3, -0.25) is 0 Å². The second-order valence-corrected chi connectivity index (χ2v) is 6.30. The quantitative estimate of drug-likeness (QED) is 0.529. The van der Waals surface area contributed by atoms with Crippen LogP contribution < -0.4 is 4.74 Å². The molecule has 0 aliphatic heterocycles. The van der Waals surface area contributed by atoms with Crippen molar-refractivity contribution in [2.75, 3.05) is 7.11 Å². The third kappa shape index (κ3) is 3.93. The molecular weight excluding hydrogens is 330 g/mol. The van der Waals surface area contributed by atoms with Crippen molar-refractivity contribution in [3.63, 3.8) is 0 Å². The minimum absolute atomic E-state index is 0.0651. The lowest BCUT2D eigenvalue weighted by Crippen LogP contribution is -2.00. The number of halogens is 2. The molecule has 0 aliphatic rings. The molecule has 3 aromatic rings. The minimum atomic E-state index is -0.920. The van der Waals surface area contributed by atoms with Crippen LogP contribution in [-0.2, 0) is 19.3 Å². The number of ether oxygens (including phenoxy) is 1. The van der Waals surface area contributed by atoms with Crippen LogP contribution in [0.5, 0.6) is 5.75 Å². The summed E-state index contributed by atoms with van der Waals surface area (Å²) in [6, 6.07) is 19.8. The molecule has 0 radical (unpaired) electrons. The third-order valence-electron chi connectivity index (χ3n) is 4.68. The molecule has 0 aliphatic carbocycles. The Bertz CT molecular complexity index is 868. The molecule has 3 aromatic carbocycles. The van der Waals surface area contributed by atoms with Crippen molar-refractivity contribution in [3.05, 3.63) is 89.0 Å². The van der Waals surface area contributed by atoms with Crippen LogP contribution in [-0.4, -0.2) is 7.11 Å². The van der Waals surface area contributed by atoms with Gasteiger partial charge < -0.3 is 4.74 Å². The van der Waals surface area contributed by atoms with E-state index in [1.54, 1.807) is 6.07 Å². The van der Waals surface area contributed by atoms with E-state index < -0.39 is 11.6 Å². The van der Waals surface area contributed by atoms with Crippen LogP contribution in [0.25, 0.3) is 11.1 Å². The van der Waals surface area contributed by atoms with Gasteiger partial charge in [0, 0.05) is 0 Å². The zero-order valence-corrected chi connectivity index (χ0v) is 15.1. The highest BCUT2D eigenvalue weighted by atomic mass is 19.2. The average Bonchev–Trinajstić information content (AvgIpc) is 2.70. The highest BCUT2D eigenvalue weighted by molar-refractivity contribution is 5.64. The topological polar surface area (TPSA) is 9.23 Å². The van der Waals surface area contributed by atoms with E-state index in [1.165, 1.54) is 24.3 Å². The summed E-state index contributed by atoms with van der Waals surface area (Å²) < 4.78 is 32.6. The molecule has 3 heteroatoms. The van der Waals surface area contributed by atoms with Crippen LogP contribution in [0.4, 0.5) is 8.78 Å². The fraction of sp³-hybridized carbons (Fsp3) is 0.217. The van der Waals surface area contributed by atoms with Crippen molar-refractivity contribution >= 4 is 0 Å². The van der Waals surface area contributed by atoms with Gasteiger partial charge in [0.05, 0.1) is 7.11 Å². The molecule has 1 nitrogen and oxygen atoms in total. The van der Waals surface area contributed by atoms with Gasteiger partial charge in [0.1, 0.15) is 0 Å². The lowest BCUT2D eigenvalue weighted by atomic mass is 9.99. The van der Waals surface area contributed by atoms with Crippen LogP contribution in [0.2, 0.25) is 0 Å². The van der Waals surface area contributed by atoms with E-state index in [9.17, 15) is 8.78 Å². The zero-order valence-electron chi connectivity index (χ0n) is 15.1. The fourth-order valence-corrected chi connectivity index (χ4v) is 3.00. The maximum atomic E-state index is 14.0. The molecule has 0 saturated heterocycles. The number of rotatable bonds is 6. The Hall–Kier alpha value is -2.68. The second-order valence-electron chi connectivity index (χ2n) is 6.30. The monoisotopic (exact) mass is 352 g/mol. The Labute approximate surface area is 153 Å². The molecule has 0 fully saturated rings. The van der Waals surface area contributed by atoms with Crippen LogP contribution >= 0.6 is 0 Å². The van der Waals surface area contributed by atoms with Crippen LogP contribution in [0.1, 0.15) is 23.6 Å². The molecule has 134 valence electrons. The Balaban J connectivity index is 1.69. The summed E-state index contributed by atoms with van der Waals surface area (Å²) in [4.78, 5) is 0. The molecular formula is C23H22F2O. The molecule has 0 unspecified atom stereocenters. The van der Waals surface area contributed by atoms with Crippen molar-refractivity contribution in [1.29, 1.82) is 0 Å². The minimum Gasteiger partial charge on any atom is -0.494 e. The predicted molar refractivity (Wildman–Crippen MR) is 102 cm³/mol. The maximum absolute atomic E-state index is 14.0. The normalized spacial score (nSPS) is 10.8. The van der Waals surface area contributed by atoms with Gasteiger partial charge in [-0.15, -0.1) is 0 Å². The van der Waals surface area contributed by atoms with Gasteiger partial charge in [0.25, 0.3) is 0 Å². The Morgan fingerprint density at radius 2 is 1.27 bits per heavy atom. The van der Waals surface area contributed by atoms with Crippen LogP contribution in [0.3, 0.4) is 0 Å². The molecule has 0 heterocycles. The molecule has 0 spiro atoms. The molecule has 0 aromatic heterocycles. The highest BCUT2D eigenvalue weighted by Crippen LogP contribution is 2.24. The van der Waals surface area contributed by atoms with Crippen LogP contribution in [0, 0.1) is 11.6 Å². The summed E-state index contributed by atoms with van der Waals surface area (Å²) in [6.07, 6.45) is 2.12. The number of methoxy groups -OCH3 is 1. The third-order valence-corrected chi connectivity index (χ3v) is 4.68. The predicted octanol–water partition coefficient (Wildman–Crippen LogP) is 5.99. The van der Waals surface area contributed by atoms with Crippen LogP contribution in [0.15, 0.2) is 60.7 Å². The molecule has 0 amide bonds. The van der Waals surface area contributed by atoms with E-state index in [4.69, 9.17) is 4.74 Å². The van der Waals surface area contributed by atoms with Gasteiger partial charge in [0.2, 0.25) is 5.82 Å². The van der Waals surface area contributed by atoms with E-state index in [2.05, 4.69) is 43.3 Å². The number of benzene rings is 3. The number of hydrogen-bond donors (Lipinski definition) is 0. The fourth-order valence-electron chi connectivity index (χ4n) is 3.00. The van der Waals surface area contributed by atoms with Crippen molar-refractivity contribution in [2.24, 2.45) is 0 Å². The smallest absolute Gasteiger partial charge is 0.200 e. The first-order chi connectivity index (χ1) is 12.6. The first-order valence-corrected chi connectivity index (χ1v) is 8.81. The van der Waals surface area contributed by atoms with Gasteiger partial charge in [-0.25, -0.2) is 4.39 Å². The maximum Gasteiger partial charge on any atom is 0.200 e. The molecule has 0 atom stereocenters. The standard InChI is InChI=1S/C23H22F2O/c1-3-16-4-9-18(10-5-16)19-11-6-17(7-12-19)8-13-20-14-15-21(26-2)23(25)22(20)24/h4-7,9-12,14-15H,3,8,13H2,1-2H3. The molecule has 3 rings (SSSR count). The second kappa shape index (κ2) is 8.13. The molecule has 26 heavy (non-hydrogen) atoms. The summed E-state index contributed by atoms with van der Waals surface area (Å²) in [7, 11) is 1.33. The summed E-state index contributed by atoms with van der Waals surface area (Å²) in [6.45, 7) is 2.14. The Morgan fingerprint density at radius 1 is 0.692 bits per heavy atom. The number of hydrogen-bond acceptors (Lipinski definition) is 1. The van der Waals surface area contributed by atoms with Gasteiger partial charge in [0.15, 0.2) is 11.6 Å². The summed E-state index contributed by atoms with van der Waals surface area (Å²) in [5.74, 6) is -1.81. The Morgan fingerprint density at radius 3 is 1.81 bits per heavy atom. The Kier molecular flexibility index (Phi) is 5.67. The van der Waals surface area contributed by atoms with Crippen molar-refractivity contribution < 1.29 is 13.5 Å². The van der Waals surface area contributed by atoms with E-state index in [1.807, 2.05) is 12.1 Å². The first kappa shape index (κ1) is 18.1. The first-order valence-electron chi connectivity index (χ1n) is 8.81. The van der Waals surface area contributed by atoms with E-state index in [0.717, 1.165) is 17.5 Å². The SMILES string of the molecule is CCc1ccc(-c2ccc(CCc3ccc(OC)c(F)c3F)cc2)cc1.